The summed E-state index contributed by atoms with van der Waals surface area (Å²) in [5.41, 5.74) is 9.29. The van der Waals surface area contributed by atoms with Crippen LogP contribution in [0.15, 0.2) is 59.1 Å². The van der Waals surface area contributed by atoms with Crippen LogP contribution < -0.4 is 10.6 Å². The first-order valence-electron chi connectivity index (χ1n) is 10.7. The van der Waals surface area contributed by atoms with Crippen molar-refractivity contribution < 1.29 is 4.79 Å². The summed E-state index contributed by atoms with van der Waals surface area (Å²) in [6, 6.07) is 13.9. The number of nitriles is 1. The lowest BCUT2D eigenvalue weighted by atomic mass is 9.69. The SMILES string of the molecule is CC1(C)CC(=O)C2=C(C1)N(c1ccc(Cl)cc1)C(N)=C(C#N)[C@H]2c1ccc(C(C)(C)C)s1. The molecule has 4 nitrogen and oxygen atoms in total. The molecule has 0 amide bonds. The van der Waals surface area contributed by atoms with Gasteiger partial charge in [0.05, 0.1) is 17.6 Å². The van der Waals surface area contributed by atoms with Crippen molar-refractivity contribution in [3.8, 4) is 6.07 Å². The molecule has 6 heteroatoms. The summed E-state index contributed by atoms with van der Waals surface area (Å²) < 4.78 is 0. The van der Waals surface area contributed by atoms with Gasteiger partial charge in [-0.15, -0.1) is 11.3 Å². The molecule has 1 aromatic carbocycles. The summed E-state index contributed by atoms with van der Waals surface area (Å²) in [6.45, 7) is 10.7. The quantitative estimate of drug-likeness (QED) is 0.539. The van der Waals surface area contributed by atoms with Crippen LogP contribution in [-0.4, -0.2) is 5.78 Å². The molecule has 0 fully saturated rings. The summed E-state index contributed by atoms with van der Waals surface area (Å²) in [4.78, 5) is 17.7. The number of hydrogen-bond donors (Lipinski definition) is 1. The normalized spacial score (nSPS) is 21.0. The van der Waals surface area contributed by atoms with Crippen LogP contribution in [0.5, 0.6) is 0 Å². The molecule has 0 unspecified atom stereocenters. The second-order valence-electron chi connectivity index (χ2n) is 10.4. The van der Waals surface area contributed by atoms with Crippen LogP contribution in [0.1, 0.15) is 63.1 Å². The van der Waals surface area contributed by atoms with Crippen molar-refractivity contribution in [3.05, 3.63) is 73.8 Å². The van der Waals surface area contributed by atoms with Gasteiger partial charge in [0.1, 0.15) is 5.82 Å². The molecule has 0 bridgehead atoms. The number of nitrogens with two attached hydrogens (primary N) is 1. The minimum atomic E-state index is -0.428. The number of hydrogen-bond acceptors (Lipinski definition) is 5. The maximum absolute atomic E-state index is 13.6. The molecule has 0 saturated carbocycles. The van der Waals surface area contributed by atoms with E-state index in [1.807, 2.05) is 17.0 Å². The topological polar surface area (TPSA) is 70.1 Å². The highest BCUT2D eigenvalue weighted by molar-refractivity contribution is 7.12. The van der Waals surface area contributed by atoms with Crippen molar-refractivity contribution in [1.82, 2.24) is 0 Å². The van der Waals surface area contributed by atoms with Crippen molar-refractivity contribution in [1.29, 1.82) is 5.26 Å². The summed E-state index contributed by atoms with van der Waals surface area (Å²) in [7, 11) is 0. The first-order valence-corrected chi connectivity index (χ1v) is 11.9. The van der Waals surface area contributed by atoms with Gasteiger partial charge in [-0.3, -0.25) is 9.69 Å². The molecule has 2 aliphatic rings. The summed E-state index contributed by atoms with van der Waals surface area (Å²) in [6.07, 6.45) is 1.15. The molecule has 0 saturated heterocycles. The average Bonchev–Trinajstić information content (AvgIpc) is 3.18. The Morgan fingerprint density at radius 1 is 1.16 bits per heavy atom. The molecular formula is C26H28ClN3OS. The van der Waals surface area contributed by atoms with E-state index >= 15 is 0 Å². The average molecular weight is 466 g/mol. The predicted octanol–water partition coefficient (Wildman–Crippen LogP) is 6.64. The van der Waals surface area contributed by atoms with Gasteiger partial charge >= 0.3 is 0 Å². The highest BCUT2D eigenvalue weighted by Crippen LogP contribution is 2.51. The minimum absolute atomic E-state index is 0.00916. The highest BCUT2D eigenvalue weighted by Gasteiger charge is 2.45. The number of Topliss-reactive ketones (excluding diaryl/α,β-unsaturated/α-hetero) is 1. The lowest BCUT2D eigenvalue weighted by Gasteiger charge is -2.43. The van der Waals surface area contributed by atoms with Crippen molar-refractivity contribution in [3.63, 3.8) is 0 Å². The molecule has 2 heterocycles. The van der Waals surface area contributed by atoms with Crippen LogP contribution in [0.3, 0.4) is 0 Å². The number of allylic oxidation sites excluding steroid dienone is 3. The fraction of sp³-hybridized carbons (Fsp3) is 0.385. The van der Waals surface area contributed by atoms with Gasteiger partial charge in [-0.25, -0.2) is 0 Å². The third-order valence-electron chi connectivity index (χ3n) is 6.12. The molecule has 32 heavy (non-hydrogen) atoms. The number of benzene rings is 1. The molecule has 1 atom stereocenters. The van der Waals surface area contributed by atoms with E-state index in [4.69, 9.17) is 17.3 Å². The molecule has 0 spiro atoms. The van der Waals surface area contributed by atoms with Crippen LogP contribution in [0, 0.1) is 16.7 Å². The van der Waals surface area contributed by atoms with Crippen LogP contribution >= 0.6 is 22.9 Å². The standard InChI is InChI=1S/C26H28ClN3OS/c1-25(2,3)21-11-10-20(32-21)22-17(14-28)24(29)30(16-8-6-15(27)7-9-16)18-12-26(4,5)13-19(31)23(18)22/h6-11,22H,12-13,29H2,1-5H3/t22-/m0/s1. The van der Waals surface area contributed by atoms with Gasteiger partial charge in [-0.2, -0.15) is 5.26 Å². The van der Waals surface area contributed by atoms with Gasteiger partial charge in [0.15, 0.2) is 5.78 Å². The van der Waals surface area contributed by atoms with Crippen LogP contribution in [-0.2, 0) is 10.2 Å². The third-order valence-corrected chi connectivity index (χ3v) is 7.94. The molecule has 2 aromatic rings. The largest absolute Gasteiger partial charge is 0.384 e. The Bertz CT molecular complexity index is 1190. The zero-order chi connectivity index (χ0) is 23.4. The number of anilines is 1. The predicted molar refractivity (Wildman–Crippen MR) is 132 cm³/mol. The van der Waals surface area contributed by atoms with Gasteiger partial charge in [0.2, 0.25) is 0 Å². The Morgan fingerprint density at radius 3 is 2.38 bits per heavy atom. The van der Waals surface area contributed by atoms with Crippen molar-refractivity contribution in [2.75, 3.05) is 4.90 Å². The lowest BCUT2D eigenvalue weighted by molar-refractivity contribution is -0.118. The van der Waals surface area contributed by atoms with Gasteiger partial charge in [0.25, 0.3) is 0 Å². The van der Waals surface area contributed by atoms with E-state index < -0.39 is 5.92 Å². The van der Waals surface area contributed by atoms with E-state index in [-0.39, 0.29) is 16.6 Å². The first-order chi connectivity index (χ1) is 14.9. The zero-order valence-electron chi connectivity index (χ0n) is 19.1. The number of carbonyl (C=O) groups is 1. The maximum atomic E-state index is 13.6. The Labute approximate surface area is 199 Å². The molecule has 2 N–H and O–H groups in total. The fourth-order valence-corrected chi connectivity index (χ4v) is 5.90. The van der Waals surface area contributed by atoms with Crippen LogP contribution in [0.4, 0.5) is 5.69 Å². The molecular weight excluding hydrogens is 438 g/mol. The highest BCUT2D eigenvalue weighted by atomic mass is 35.5. The second kappa shape index (κ2) is 7.79. The molecule has 0 radical (unpaired) electrons. The number of halogens is 1. The smallest absolute Gasteiger partial charge is 0.162 e. The summed E-state index contributed by atoms with van der Waals surface area (Å²) in [5, 5.41) is 10.8. The van der Waals surface area contributed by atoms with Crippen molar-refractivity contribution >= 4 is 34.4 Å². The van der Waals surface area contributed by atoms with Gasteiger partial charge in [-0.05, 0) is 53.6 Å². The Balaban J connectivity index is 1.96. The molecule has 1 aliphatic carbocycles. The Morgan fingerprint density at radius 2 is 1.81 bits per heavy atom. The summed E-state index contributed by atoms with van der Waals surface area (Å²) in [5.74, 6) is 0.0456. The van der Waals surface area contributed by atoms with Crippen LogP contribution in [0.25, 0.3) is 0 Å². The van der Waals surface area contributed by atoms with Crippen LogP contribution in [0.2, 0.25) is 5.02 Å². The number of ketones is 1. The van der Waals surface area contributed by atoms with Crippen molar-refractivity contribution in [2.24, 2.45) is 11.1 Å². The minimum Gasteiger partial charge on any atom is -0.384 e. The zero-order valence-corrected chi connectivity index (χ0v) is 20.7. The number of carbonyl (C=O) groups excluding carboxylic acids is 1. The third kappa shape index (κ3) is 3.87. The van der Waals surface area contributed by atoms with E-state index in [9.17, 15) is 10.1 Å². The molecule has 166 valence electrons. The number of rotatable bonds is 2. The van der Waals surface area contributed by atoms with E-state index in [1.54, 1.807) is 23.5 Å². The molecule has 1 aliphatic heterocycles. The fourth-order valence-electron chi connectivity index (χ4n) is 4.59. The van der Waals surface area contributed by atoms with E-state index in [0.717, 1.165) is 16.3 Å². The van der Waals surface area contributed by atoms with E-state index in [0.29, 0.717) is 34.8 Å². The van der Waals surface area contributed by atoms with E-state index in [1.165, 1.54) is 4.88 Å². The van der Waals surface area contributed by atoms with Crippen molar-refractivity contribution in [2.45, 2.75) is 58.8 Å². The van der Waals surface area contributed by atoms with Gasteiger partial charge in [0, 0.05) is 38.2 Å². The van der Waals surface area contributed by atoms with E-state index in [2.05, 4.69) is 52.8 Å². The monoisotopic (exact) mass is 465 g/mol. The first kappa shape index (κ1) is 22.6. The Hall–Kier alpha value is -2.55. The molecule has 1 aromatic heterocycles. The lowest BCUT2D eigenvalue weighted by Crippen LogP contribution is -2.42. The number of thiophene rings is 1. The molecule has 4 rings (SSSR count). The maximum Gasteiger partial charge on any atom is 0.162 e. The Kier molecular flexibility index (Phi) is 5.51. The second-order valence-corrected chi connectivity index (χ2v) is 12.0. The number of nitrogens with zero attached hydrogens (tertiary/aromatic N) is 2. The van der Waals surface area contributed by atoms with Gasteiger partial charge < -0.3 is 5.73 Å². The summed E-state index contributed by atoms with van der Waals surface area (Å²) >= 11 is 7.77. The van der Waals surface area contributed by atoms with Gasteiger partial charge in [-0.1, -0.05) is 46.2 Å².